The van der Waals surface area contributed by atoms with Crippen LogP contribution in [-0.4, -0.2) is 23.1 Å². The molecule has 1 aliphatic rings. The maximum Gasteiger partial charge on any atom is 0.229 e. The molecule has 0 atom stereocenters. The van der Waals surface area contributed by atoms with Gasteiger partial charge in [0.2, 0.25) is 5.95 Å². The van der Waals surface area contributed by atoms with Gasteiger partial charge in [0.15, 0.2) is 0 Å². The van der Waals surface area contributed by atoms with E-state index in [1.807, 2.05) is 25.1 Å². The lowest BCUT2D eigenvalue weighted by atomic mass is 10.1. The molecule has 116 valence electrons. The minimum Gasteiger partial charge on any atom is -0.356 e. The molecule has 2 aromatic rings. The quantitative estimate of drug-likeness (QED) is 0.871. The Morgan fingerprint density at radius 2 is 1.86 bits per heavy atom. The van der Waals surface area contributed by atoms with Crippen molar-refractivity contribution < 1.29 is 0 Å². The summed E-state index contributed by atoms with van der Waals surface area (Å²) in [6.45, 7) is 4.07. The van der Waals surface area contributed by atoms with Crippen molar-refractivity contribution in [3.63, 3.8) is 0 Å². The van der Waals surface area contributed by atoms with Gasteiger partial charge in [-0.2, -0.15) is 4.98 Å². The fourth-order valence-electron chi connectivity index (χ4n) is 2.61. The van der Waals surface area contributed by atoms with E-state index in [-0.39, 0.29) is 0 Å². The Bertz CT molecular complexity index is 669. The van der Waals surface area contributed by atoms with E-state index >= 15 is 0 Å². The molecular formula is C16H18Cl2N4. The third kappa shape index (κ3) is 3.45. The van der Waals surface area contributed by atoms with Crippen molar-refractivity contribution in [2.75, 3.05) is 23.3 Å². The lowest BCUT2D eigenvalue weighted by Gasteiger charge is -2.28. The van der Waals surface area contributed by atoms with Gasteiger partial charge >= 0.3 is 0 Å². The van der Waals surface area contributed by atoms with Gasteiger partial charge in [-0.15, -0.1) is 0 Å². The van der Waals surface area contributed by atoms with Crippen LogP contribution in [0.15, 0.2) is 24.3 Å². The molecule has 2 heterocycles. The maximum absolute atomic E-state index is 6.21. The Balaban J connectivity index is 1.87. The van der Waals surface area contributed by atoms with Crippen LogP contribution in [0.1, 0.15) is 25.0 Å². The average molecular weight is 337 g/mol. The van der Waals surface area contributed by atoms with E-state index in [9.17, 15) is 0 Å². The van der Waals surface area contributed by atoms with E-state index in [2.05, 4.69) is 20.2 Å². The zero-order chi connectivity index (χ0) is 15.5. The number of hydrogen-bond acceptors (Lipinski definition) is 4. The molecule has 3 rings (SSSR count). The second-order valence-corrected chi connectivity index (χ2v) is 6.25. The largest absolute Gasteiger partial charge is 0.356 e. The van der Waals surface area contributed by atoms with E-state index in [0.717, 1.165) is 24.6 Å². The zero-order valence-corrected chi connectivity index (χ0v) is 14.0. The Morgan fingerprint density at radius 3 is 2.64 bits per heavy atom. The summed E-state index contributed by atoms with van der Waals surface area (Å²) in [4.78, 5) is 11.4. The van der Waals surface area contributed by atoms with Gasteiger partial charge in [0.25, 0.3) is 0 Å². The highest BCUT2D eigenvalue weighted by atomic mass is 35.5. The van der Waals surface area contributed by atoms with Gasteiger partial charge in [-0.1, -0.05) is 29.3 Å². The summed E-state index contributed by atoms with van der Waals surface area (Å²) in [7, 11) is 0. The first-order valence-corrected chi connectivity index (χ1v) is 8.21. The smallest absolute Gasteiger partial charge is 0.229 e. The number of nitrogens with one attached hydrogen (secondary N) is 1. The van der Waals surface area contributed by atoms with E-state index in [1.165, 1.54) is 19.3 Å². The molecule has 4 nitrogen and oxygen atoms in total. The van der Waals surface area contributed by atoms with Gasteiger partial charge in [0.05, 0.1) is 15.7 Å². The van der Waals surface area contributed by atoms with E-state index in [0.29, 0.717) is 21.7 Å². The van der Waals surface area contributed by atoms with Gasteiger partial charge in [-0.25, -0.2) is 4.98 Å². The van der Waals surface area contributed by atoms with Gasteiger partial charge in [0.1, 0.15) is 5.82 Å². The Labute approximate surface area is 140 Å². The second kappa shape index (κ2) is 6.71. The van der Waals surface area contributed by atoms with Crippen LogP contribution in [-0.2, 0) is 0 Å². The fraction of sp³-hybridized carbons (Fsp3) is 0.375. The standard InChI is InChI=1S/C16H18Cl2N4/c1-11-10-14(22-8-3-2-4-9-22)21-16(19-11)20-13-7-5-6-12(17)15(13)18/h5-7,10H,2-4,8-9H2,1H3,(H,19,20,21). The molecule has 1 aliphatic heterocycles. The lowest BCUT2D eigenvalue weighted by Crippen LogP contribution is -2.30. The zero-order valence-electron chi connectivity index (χ0n) is 12.4. The molecule has 0 radical (unpaired) electrons. The molecule has 0 spiro atoms. The van der Waals surface area contributed by atoms with Gasteiger partial charge in [-0.3, -0.25) is 0 Å². The van der Waals surface area contributed by atoms with Crippen LogP contribution >= 0.6 is 23.2 Å². The number of aromatic nitrogens is 2. The molecule has 1 saturated heterocycles. The maximum atomic E-state index is 6.21. The van der Waals surface area contributed by atoms with Crippen molar-refractivity contribution in [1.82, 2.24) is 9.97 Å². The molecule has 1 fully saturated rings. The number of anilines is 3. The molecule has 1 aromatic heterocycles. The average Bonchev–Trinajstić information content (AvgIpc) is 2.52. The number of aryl methyl sites for hydroxylation is 1. The summed E-state index contributed by atoms with van der Waals surface area (Å²) in [5.74, 6) is 1.51. The molecule has 0 saturated carbocycles. The van der Waals surface area contributed by atoms with Crippen molar-refractivity contribution in [3.8, 4) is 0 Å². The molecule has 0 amide bonds. The monoisotopic (exact) mass is 336 g/mol. The van der Waals surface area contributed by atoms with Crippen molar-refractivity contribution >= 4 is 40.7 Å². The summed E-state index contributed by atoms with van der Waals surface area (Å²) >= 11 is 12.3. The van der Waals surface area contributed by atoms with Crippen LogP contribution in [0.5, 0.6) is 0 Å². The summed E-state index contributed by atoms with van der Waals surface area (Å²) in [5.41, 5.74) is 1.64. The lowest BCUT2D eigenvalue weighted by molar-refractivity contribution is 0.573. The van der Waals surface area contributed by atoms with Gasteiger partial charge in [0, 0.05) is 24.8 Å². The Morgan fingerprint density at radius 1 is 1.09 bits per heavy atom. The van der Waals surface area contributed by atoms with E-state index < -0.39 is 0 Å². The number of piperidine rings is 1. The molecule has 1 N–H and O–H groups in total. The molecule has 6 heteroatoms. The van der Waals surface area contributed by atoms with Crippen molar-refractivity contribution in [2.45, 2.75) is 26.2 Å². The minimum absolute atomic E-state index is 0.480. The predicted octanol–water partition coefficient (Wildman–Crippen LogP) is 4.83. The number of hydrogen-bond donors (Lipinski definition) is 1. The molecule has 1 aromatic carbocycles. The summed E-state index contributed by atoms with van der Waals surface area (Å²) in [5, 5.41) is 4.16. The highest BCUT2D eigenvalue weighted by Gasteiger charge is 2.14. The Kier molecular flexibility index (Phi) is 4.69. The highest BCUT2D eigenvalue weighted by molar-refractivity contribution is 6.43. The van der Waals surface area contributed by atoms with Gasteiger partial charge in [-0.05, 0) is 38.3 Å². The minimum atomic E-state index is 0.480. The van der Waals surface area contributed by atoms with Crippen LogP contribution < -0.4 is 10.2 Å². The molecule has 22 heavy (non-hydrogen) atoms. The van der Waals surface area contributed by atoms with Crippen molar-refractivity contribution in [2.24, 2.45) is 0 Å². The summed E-state index contributed by atoms with van der Waals surface area (Å²) < 4.78 is 0. The molecule has 0 aliphatic carbocycles. The number of halogens is 2. The van der Waals surface area contributed by atoms with Crippen molar-refractivity contribution in [1.29, 1.82) is 0 Å². The second-order valence-electron chi connectivity index (χ2n) is 5.47. The fourth-order valence-corrected chi connectivity index (χ4v) is 2.96. The van der Waals surface area contributed by atoms with Crippen molar-refractivity contribution in [3.05, 3.63) is 40.0 Å². The number of rotatable bonds is 3. The molecule has 0 bridgehead atoms. The first kappa shape index (κ1) is 15.4. The molecular weight excluding hydrogens is 319 g/mol. The van der Waals surface area contributed by atoms with Crippen LogP contribution in [0, 0.1) is 6.92 Å². The van der Waals surface area contributed by atoms with E-state index in [4.69, 9.17) is 23.2 Å². The SMILES string of the molecule is Cc1cc(N2CCCCC2)nc(Nc2cccc(Cl)c2Cl)n1. The first-order valence-electron chi connectivity index (χ1n) is 7.45. The topological polar surface area (TPSA) is 41.1 Å². The van der Waals surface area contributed by atoms with E-state index in [1.54, 1.807) is 6.07 Å². The third-order valence-corrected chi connectivity index (χ3v) is 4.54. The summed E-state index contributed by atoms with van der Waals surface area (Å²) in [6.07, 6.45) is 3.72. The van der Waals surface area contributed by atoms with Crippen LogP contribution in [0.25, 0.3) is 0 Å². The normalized spacial score (nSPS) is 15.0. The van der Waals surface area contributed by atoms with Crippen LogP contribution in [0.4, 0.5) is 17.5 Å². The van der Waals surface area contributed by atoms with Crippen LogP contribution in [0.3, 0.4) is 0 Å². The number of nitrogens with zero attached hydrogens (tertiary/aromatic N) is 3. The Hall–Kier alpha value is -1.52. The summed E-state index contributed by atoms with van der Waals surface area (Å²) in [6, 6.07) is 7.49. The van der Waals surface area contributed by atoms with Crippen LogP contribution in [0.2, 0.25) is 10.0 Å². The first-order chi connectivity index (χ1) is 10.6. The predicted molar refractivity (Wildman–Crippen MR) is 92.6 cm³/mol. The highest BCUT2D eigenvalue weighted by Crippen LogP contribution is 2.31. The third-order valence-electron chi connectivity index (χ3n) is 3.72. The van der Waals surface area contributed by atoms with Gasteiger partial charge < -0.3 is 10.2 Å². The molecule has 0 unspecified atom stereocenters. The number of benzene rings is 1.